The van der Waals surface area contributed by atoms with E-state index in [1.807, 2.05) is 30.3 Å². The molecule has 0 aromatic heterocycles. The van der Waals surface area contributed by atoms with E-state index in [0.29, 0.717) is 6.42 Å². The van der Waals surface area contributed by atoms with Gasteiger partial charge in [0.1, 0.15) is 0 Å². The maximum atomic E-state index is 11.3. The molecule has 1 fully saturated rings. The molecule has 16 heavy (non-hydrogen) atoms. The molecule has 1 aromatic carbocycles. The second-order valence-electron chi connectivity index (χ2n) is 4.39. The molecule has 1 aliphatic rings. The second kappa shape index (κ2) is 5.12. The lowest BCUT2D eigenvalue weighted by Crippen LogP contribution is -2.27. The predicted molar refractivity (Wildman–Crippen MR) is 62.2 cm³/mol. The molecule has 1 heterocycles. The summed E-state index contributed by atoms with van der Waals surface area (Å²) < 4.78 is 0. The highest BCUT2D eigenvalue weighted by atomic mass is 16.4. The topological polar surface area (TPSA) is 49.3 Å². The van der Waals surface area contributed by atoms with Gasteiger partial charge in [0.25, 0.3) is 0 Å². The molecule has 0 bridgehead atoms. The molecular formula is C13H17NO2. The van der Waals surface area contributed by atoms with Crippen molar-refractivity contribution in [2.75, 3.05) is 13.1 Å². The van der Waals surface area contributed by atoms with Crippen LogP contribution in [0.2, 0.25) is 0 Å². The van der Waals surface area contributed by atoms with E-state index in [1.54, 1.807) is 0 Å². The molecule has 0 amide bonds. The van der Waals surface area contributed by atoms with Crippen molar-refractivity contribution in [2.24, 2.45) is 11.8 Å². The average Bonchev–Trinajstić information content (AvgIpc) is 2.80. The number of aliphatic carboxylic acids is 1. The van der Waals surface area contributed by atoms with Crippen molar-refractivity contribution in [3.05, 3.63) is 35.9 Å². The minimum Gasteiger partial charge on any atom is -0.481 e. The van der Waals surface area contributed by atoms with Gasteiger partial charge in [-0.15, -0.1) is 0 Å². The fourth-order valence-electron chi connectivity index (χ4n) is 2.34. The molecule has 2 rings (SSSR count). The van der Waals surface area contributed by atoms with E-state index >= 15 is 0 Å². The summed E-state index contributed by atoms with van der Waals surface area (Å²) in [7, 11) is 0. The smallest absolute Gasteiger partial charge is 0.307 e. The molecule has 0 spiro atoms. The maximum absolute atomic E-state index is 11.3. The molecule has 3 heteroatoms. The summed E-state index contributed by atoms with van der Waals surface area (Å²) in [5.74, 6) is -0.646. The van der Waals surface area contributed by atoms with Crippen LogP contribution in [0, 0.1) is 11.8 Å². The summed E-state index contributed by atoms with van der Waals surface area (Å²) in [4.78, 5) is 11.3. The quantitative estimate of drug-likeness (QED) is 0.807. The Morgan fingerprint density at radius 1 is 1.44 bits per heavy atom. The number of nitrogens with one attached hydrogen (secondary N) is 1. The summed E-state index contributed by atoms with van der Waals surface area (Å²) in [6.45, 7) is 1.78. The normalized spacial score (nSPS) is 21.9. The third-order valence-corrected chi connectivity index (χ3v) is 3.28. The van der Waals surface area contributed by atoms with Gasteiger partial charge in [0.2, 0.25) is 0 Å². The molecular weight excluding hydrogens is 202 g/mol. The average molecular weight is 219 g/mol. The lowest BCUT2D eigenvalue weighted by molar-refractivity contribution is -0.143. The lowest BCUT2D eigenvalue weighted by atomic mass is 9.86. The van der Waals surface area contributed by atoms with Crippen LogP contribution in [0.3, 0.4) is 0 Å². The Balaban J connectivity index is 2.05. The minimum absolute atomic E-state index is 0.252. The third-order valence-electron chi connectivity index (χ3n) is 3.28. The van der Waals surface area contributed by atoms with E-state index in [0.717, 1.165) is 25.1 Å². The van der Waals surface area contributed by atoms with Crippen LogP contribution in [0.5, 0.6) is 0 Å². The number of hydrogen-bond acceptors (Lipinski definition) is 2. The molecule has 1 aromatic rings. The highest BCUT2D eigenvalue weighted by Gasteiger charge is 2.30. The van der Waals surface area contributed by atoms with Crippen molar-refractivity contribution in [1.29, 1.82) is 0 Å². The Labute approximate surface area is 95.5 Å². The Bertz CT molecular complexity index is 344. The molecule has 1 aliphatic heterocycles. The van der Waals surface area contributed by atoms with Gasteiger partial charge in [-0.3, -0.25) is 4.79 Å². The Morgan fingerprint density at radius 2 is 2.19 bits per heavy atom. The summed E-state index contributed by atoms with van der Waals surface area (Å²) in [6.07, 6.45) is 1.62. The Morgan fingerprint density at radius 3 is 2.75 bits per heavy atom. The van der Waals surface area contributed by atoms with Crippen molar-refractivity contribution >= 4 is 5.97 Å². The standard InChI is InChI=1S/C13H17NO2/c15-13(16)12(11-6-7-14-9-11)8-10-4-2-1-3-5-10/h1-5,11-12,14H,6-9H2,(H,15,16)/t11-,12-/m0/s1. The number of carboxylic acids is 1. The van der Waals surface area contributed by atoms with E-state index < -0.39 is 5.97 Å². The number of benzene rings is 1. The highest BCUT2D eigenvalue weighted by molar-refractivity contribution is 5.71. The van der Waals surface area contributed by atoms with Crippen LogP contribution in [0.4, 0.5) is 0 Å². The van der Waals surface area contributed by atoms with Crippen molar-refractivity contribution in [2.45, 2.75) is 12.8 Å². The van der Waals surface area contributed by atoms with Crippen LogP contribution >= 0.6 is 0 Å². The number of rotatable bonds is 4. The molecule has 0 unspecified atom stereocenters. The van der Waals surface area contributed by atoms with E-state index in [-0.39, 0.29) is 11.8 Å². The molecule has 86 valence electrons. The first kappa shape index (κ1) is 11.1. The zero-order chi connectivity index (χ0) is 11.4. The number of hydrogen-bond donors (Lipinski definition) is 2. The van der Waals surface area contributed by atoms with Crippen molar-refractivity contribution in [3.63, 3.8) is 0 Å². The molecule has 0 saturated carbocycles. The Kier molecular flexibility index (Phi) is 3.57. The van der Waals surface area contributed by atoms with Crippen LogP contribution in [0.1, 0.15) is 12.0 Å². The molecule has 1 saturated heterocycles. The van der Waals surface area contributed by atoms with E-state index in [4.69, 9.17) is 0 Å². The number of carbonyl (C=O) groups is 1. The fourth-order valence-corrected chi connectivity index (χ4v) is 2.34. The van der Waals surface area contributed by atoms with Crippen LogP contribution in [-0.4, -0.2) is 24.2 Å². The summed E-state index contributed by atoms with van der Waals surface area (Å²) in [5.41, 5.74) is 1.11. The Hall–Kier alpha value is -1.35. The second-order valence-corrected chi connectivity index (χ2v) is 4.39. The molecule has 0 aliphatic carbocycles. The number of carboxylic acid groups (broad SMARTS) is 1. The van der Waals surface area contributed by atoms with Crippen LogP contribution in [0.15, 0.2) is 30.3 Å². The van der Waals surface area contributed by atoms with Gasteiger partial charge in [-0.05, 0) is 37.4 Å². The zero-order valence-electron chi connectivity index (χ0n) is 9.23. The predicted octanol–water partition coefficient (Wildman–Crippen LogP) is 1.54. The van der Waals surface area contributed by atoms with Crippen LogP contribution < -0.4 is 5.32 Å². The molecule has 3 nitrogen and oxygen atoms in total. The molecule has 0 radical (unpaired) electrons. The first-order valence-electron chi connectivity index (χ1n) is 5.75. The first-order valence-corrected chi connectivity index (χ1v) is 5.75. The summed E-state index contributed by atoms with van der Waals surface area (Å²) >= 11 is 0. The van der Waals surface area contributed by atoms with E-state index in [1.165, 1.54) is 0 Å². The zero-order valence-corrected chi connectivity index (χ0v) is 9.23. The van der Waals surface area contributed by atoms with Crippen LogP contribution in [0.25, 0.3) is 0 Å². The monoisotopic (exact) mass is 219 g/mol. The SMILES string of the molecule is O=C(O)[C@@H](Cc1ccccc1)[C@H]1CCNC1. The van der Waals surface area contributed by atoms with E-state index in [2.05, 4.69) is 5.32 Å². The largest absolute Gasteiger partial charge is 0.481 e. The summed E-state index contributed by atoms with van der Waals surface area (Å²) in [6, 6.07) is 9.87. The van der Waals surface area contributed by atoms with Gasteiger partial charge < -0.3 is 10.4 Å². The van der Waals surface area contributed by atoms with Gasteiger partial charge in [0, 0.05) is 0 Å². The fraction of sp³-hybridized carbons (Fsp3) is 0.462. The summed E-state index contributed by atoms with van der Waals surface area (Å²) in [5, 5.41) is 12.5. The van der Waals surface area contributed by atoms with Gasteiger partial charge in [0.15, 0.2) is 0 Å². The van der Waals surface area contributed by atoms with Crippen molar-refractivity contribution < 1.29 is 9.90 Å². The van der Waals surface area contributed by atoms with Crippen LogP contribution in [-0.2, 0) is 11.2 Å². The first-order chi connectivity index (χ1) is 7.77. The van der Waals surface area contributed by atoms with Gasteiger partial charge >= 0.3 is 5.97 Å². The van der Waals surface area contributed by atoms with Gasteiger partial charge in [-0.2, -0.15) is 0 Å². The minimum atomic E-state index is -0.669. The van der Waals surface area contributed by atoms with Gasteiger partial charge in [-0.1, -0.05) is 30.3 Å². The lowest BCUT2D eigenvalue weighted by Gasteiger charge is -2.18. The van der Waals surface area contributed by atoms with Crippen molar-refractivity contribution in [1.82, 2.24) is 5.32 Å². The van der Waals surface area contributed by atoms with Crippen molar-refractivity contribution in [3.8, 4) is 0 Å². The van der Waals surface area contributed by atoms with Gasteiger partial charge in [0.05, 0.1) is 5.92 Å². The third kappa shape index (κ3) is 2.61. The molecule has 2 atom stereocenters. The van der Waals surface area contributed by atoms with Gasteiger partial charge in [-0.25, -0.2) is 0 Å². The maximum Gasteiger partial charge on any atom is 0.307 e. The molecule has 2 N–H and O–H groups in total. The van der Waals surface area contributed by atoms with E-state index in [9.17, 15) is 9.90 Å². The highest BCUT2D eigenvalue weighted by Crippen LogP contribution is 2.23.